The van der Waals surface area contributed by atoms with Gasteiger partial charge in [-0.1, -0.05) is 19.3 Å². The van der Waals surface area contributed by atoms with Crippen molar-refractivity contribution >= 4 is 11.6 Å². The van der Waals surface area contributed by atoms with E-state index in [-0.39, 0.29) is 0 Å². The average Bonchev–Trinajstić information content (AvgIpc) is 2.87. The summed E-state index contributed by atoms with van der Waals surface area (Å²) in [5.74, 6) is 1.00. The number of carbonyl (C=O) groups is 1. The summed E-state index contributed by atoms with van der Waals surface area (Å²) in [7, 11) is 0. The maximum atomic E-state index is 12.5. The lowest BCUT2D eigenvalue weighted by atomic mass is 9.86. The first-order chi connectivity index (χ1) is 10.6. The van der Waals surface area contributed by atoms with E-state index in [0.717, 1.165) is 44.0 Å². The van der Waals surface area contributed by atoms with Gasteiger partial charge in [-0.15, -0.1) is 0 Å². The first-order valence-electron chi connectivity index (χ1n) is 8.69. The Morgan fingerprint density at radius 3 is 2.41 bits per heavy atom. The minimum Gasteiger partial charge on any atom is -0.365 e. The number of aromatic nitrogens is 2. The molecule has 0 atom stereocenters. The van der Waals surface area contributed by atoms with Crippen molar-refractivity contribution in [1.29, 1.82) is 0 Å². The highest BCUT2D eigenvalue weighted by atomic mass is 16.2. The molecule has 1 amide bonds. The van der Waals surface area contributed by atoms with Crippen LogP contribution in [0.3, 0.4) is 0 Å². The van der Waals surface area contributed by atoms with E-state index >= 15 is 0 Å². The van der Waals surface area contributed by atoms with Gasteiger partial charge in [0.05, 0.1) is 17.1 Å². The van der Waals surface area contributed by atoms with Crippen molar-refractivity contribution in [2.45, 2.75) is 52.4 Å². The second kappa shape index (κ2) is 6.71. The molecular formula is C17H28N4O. The number of carbonyl (C=O) groups excluding carboxylic acids is 1. The predicted octanol–water partition coefficient (Wildman–Crippen LogP) is 2.65. The van der Waals surface area contributed by atoms with Crippen LogP contribution in [0.4, 0.5) is 5.69 Å². The highest BCUT2D eigenvalue weighted by molar-refractivity contribution is 5.77. The van der Waals surface area contributed by atoms with Crippen LogP contribution in [-0.4, -0.2) is 47.2 Å². The second-order valence-electron chi connectivity index (χ2n) is 6.86. The quantitative estimate of drug-likeness (QED) is 0.934. The van der Waals surface area contributed by atoms with Crippen LogP contribution in [0.25, 0.3) is 0 Å². The molecule has 2 aliphatic rings. The first kappa shape index (κ1) is 15.4. The van der Waals surface area contributed by atoms with Crippen LogP contribution >= 0.6 is 0 Å². The smallest absolute Gasteiger partial charge is 0.222 e. The van der Waals surface area contributed by atoms with Gasteiger partial charge in [-0.25, -0.2) is 0 Å². The molecule has 1 aromatic rings. The zero-order valence-electron chi connectivity index (χ0n) is 13.9. The number of anilines is 1. The largest absolute Gasteiger partial charge is 0.365 e. The lowest BCUT2D eigenvalue weighted by Gasteiger charge is -2.37. The number of nitrogens with one attached hydrogen (secondary N) is 1. The maximum absolute atomic E-state index is 12.5. The Labute approximate surface area is 133 Å². The van der Waals surface area contributed by atoms with Crippen molar-refractivity contribution in [3.05, 3.63) is 11.4 Å². The fourth-order valence-corrected chi connectivity index (χ4v) is 3.96. The molecule has 1 aliphatic heterocycles. The van der Waals surface area contributed by atoms with E-state index in [2.05, 4.69) is 26.9 Å². The molecule has 1 aliphatic carbocycles. The number of aromatic amines is 1. The van der Waals surface area contributed by atoms with Gasteiger partial charge < -0.3 is 9.80 Å². The molecule has 122 valence electrons. The summed E-state index contributed by atoms with van der Waals surface area (Å²) in [6.45, 7) is 7.62. The van der Waals surface area contributed by atoms with E-state index in [1.54, 1.807) is 0 Å². The second-order valence-corrected chi connectivity index (χ2v) is 6.86. The Morgan fingerprint density at radius 1 is 1.14 bits per heavy atom. The molecule has 2 fully saturated rings. The Morgan fingerprint density at radius 2 is 1.82 bits per heavy atom. The summed E-state index contributed by atoms with van der Waals surface area (Å²) in [4.78, 5) is 16.9. The van der Waals surface area contributed by atoms with Crippen LogP contribution in [-0.2, 0) is 4.79 Å². The van der Waals surface area contributed by atoms with Crippen molar-refractivity contribution in [1.82, 2.24) is 15.1 Å². The van der Waals surface area contributed by atoms with Crippen LogP contribution in [0.2, 0.25) is 0 Å². The maximum Gasteiger partial charge on any atom is 0.222 e. The third-order valence-electron chi connectivity index (χ3n) is 5.23. The number of aryl methyl sites for hydroxylation is 2. The molecule has 0 bridgehead atoms. The molecule has 0 unspecified atom stereocenters. The van der Waals surface area contributed by atoms with E-state index in [1.807, 2.05) is 6.92 Å². The van der Waals surface area contributed by atoms with Crippen molar-refractivity contribution in [3.8, 4) is 0 Å². The minimum atomic E-state index is 0.368. The van der Waals surface area contributed by atoms with Gasteiger partial charge in [0, 0.05) is 32.6 Å². The van der Waals surface area contributed by atoms with Crippen LogP contribution in [0.15, 0.2) is 0 Å². The Hall–Kier alpha value is -1.52. The van der Waals surface area contributed by atoms with E-state index < -0.39 is 0 Å². The topological polar surface area (TPSA) is 52.2 Å². The number of hydrogen-bond acceptors (Lipinski definition) is 3. The van der Waals surface area contributed by atoms with Gasteiger partial charge in [0.2, 0.25) is 5.91 Å². The monoisotopic (exact) mass is 304 g/mol. The third-order valence-corrected chi connectivity index (χ3v) is 5.23. The summed E-state index contributed by atoms with van der Waals surface area (Å²) in [6.07, 6.45) is 7.24. The van der Waals surface area contributed by atoms with Gasteiger partial charge in [0.15, 0.2) is 0 Å². The van der Waals surface area contributed by atoms with Gasteiger partial charge in [-0.3, -0.25) is 9.89 Å². The van der Waals surface area contributed by atoms with Crippen molar-refractivity contribution in [2.75, 3.05) is 31.1 Å². The molecule has 5 heteroatoms. The minimum absolute atomic E-state index is 0.368. The summed E-state index contributed by atoms with van der Waals surface area (Å²) in [5, 5.41) is 7.33. The van der Waals surface area contributed by atoms with Crippen LogP contribution in [0.1, 0.15) is 49.9 Å². The van der Waals surface area contributed by atoms with Crippen LogP contribution in [0.5, 0.6) is 0 Å². The number of nitrogens with zero attached hydrogens (tertiary/aromatic N) is 3. The van der Waals surface area contributed by atoms with Crippen molar-refractivity contribution < 1.29 is 4.79 Å². The lowest BCUT2D eigenvalue weighted by molar-refractivity contribution is -0.132. The zero-order valence-corrected chi connectivity index (χ0v) is 13.9. The van der Waals surface area contributed by atoms with E-state index in [9.17, 15) is 4.79 Å². The number of amides is 1. The molecule has 3 rings (SSSR count). The van der Waals surface area contributed by atoms with Gasteiger partial charge in [-0.05, 0) is 32.6 Å². The lowest BCUT2D eigenvalue weighted by Crippen LogP contribution is -2.49. The van der Waals surface area contributed by atoms with Crippen LogP contribution in [0, 0.1) is 19.8 Å². The fourth-order valence-electron chi connectivity index (χ4n) is 3.96. The highest BCUT2D eigenvalue weighted by Crippen LogP contribution is 2.28. The van der Waals surface area contributed by atoms with Crippen molar-refractivity contribution in [3.63, 3.8) is 0 Å². The SMILES string of the molecule is Cc1n[nH]c(C)c1N1CCN(C(=O)CC2CCCCC2)CC1. The highest BCUT2D eigenvalue weighted by Gasteiger charge is 2.26. The van der Waals surface area contributed by atoms with Crippen molar-refractivity contribution in [2.24, 2.45) is 5.92 Å². The number of hydrogen-bond donors (Lipinski definition) is 1. The summed E-state index contributed by atoms with van der Waals surface area (Å²) < 4.78 is 0. The van der Waals surface area contributed by atoms with E-state index in [0.29, 0.717) is 11.8 Å². The molecule has 22 heavy (non-hydrogen) atoms. The molecular weight excluding hydrogens is 276 g/mol. The van der Waals surface area contributed by atoms with Gasteiger partial charge in [-0.2, -0.15) is 5.10 Å². The normalized spacial score (nSPS) is 20.5. The number of piperazine rings is 1. The molecule has 0 aromatic carbocycles. The molecule has 0 spiro atoms. The first-order valence-corrected chi connectivity index (χ1v) is 8.69. The molecule has 1 N–H and O–H groups in total. The third kappa shape index (κ3) is 3.28. The molecule has 1 aromatic heterocycles. The fraction of sp³-hybridized carbons (Fsp3) is 0.765. The average molecular weight is 304 g/mol. The van der Waals surface area contributed by atoms with E-state index in [4.69, 9.17) is 0 Å². The molecule has 1 saturated carbocycles. The summed E-state index contributed by atoms with van der Waals surface area (Å²) in [6, 6.07) is 0. The van der Waals surface area contributed by atoms with E-state index in [1.165, 1.54) is 37.8 Å². The molecule has 0 radical (unpaired) electrons. The Bertz CT molecular complexity index is 491. The molecule has 5 nitrogen and oxygen atoms in total. The summed E-state index contributed by atoms with van der Waals surface area (Å²) in [5.41, 5.74) is 3.40. The molecule has 1 saturated heterocycles. The Balaban J connectivity index is 1.52. The number of rotatable bonds is 3. The number of H-pyrrole nitrogens is 1. The zero-order chi connectivity index (χ0) is 15.5. The van der Waals surface area contributed by atoms with Gasteiger partial charge >= 0.3 is 0 Å². The Kier molecular flexibility index (Phi) is 4.69. The van der Waals surface area contributed by atoms with Gasteiger partial charge in [0.25, 0.3) is 0 Å². The van der Waals surface area contributed by atoms with Crippen LogP contribution < -0.4 is 4.90 Å². The molecule has 2 heterocycles. The summed E-state index contributed by atoms with van der Waals surface area (Å²) >= 11 is 0. The standard InChI is InChI=1S/C17H28N4O/c1-13-17(14(2)19-18-13)21-10-8-20(9-11-21)16(22)12-15-6-4-3-5-7-15/h15H,3-12H2,1-2H3,(H,18,19). The predicted molar refractivity (Wildman–Crippen MR) is 88.0 cm³/mol. The van der Waals surface area contributed by atoms with Gasteiger partial charge in [0.1, 0.15) is 0 Å².